The minimum absolute atomic E-state index is 0.0174. The molecule has 4 nitrogen and oxygen atoms in total. The third-order valence-electron chi connectivity index (χ3n) is 1.59. The Labute approximate surface area is 65.5 Å². The lowest BCUT2D eigenvalue weighted by atomic mass is 10.1. The summed E-state index contributed by atoms with van der Waals surface area (Å²) in [4.78, 5) is 10.6. The van der Waals surface area contributed by atoms with E-state index in [1.54, 1.807) is 0 Å². The highest BCUT2D eigenvalue weighted by molar-refractivity contribution is 5.73. The molecule has 0 saturated carbocycles. The van der Waals surface area contributed by atoms with Gasteiger partial charge in [-0.2, -0.15) is 0 Å². The molecule has 1 rings (SSSR count). The SMILES string of the molecule is CC(=O)NC1COCC(O)C1. The fourth-order valence-electron chi connectivity index (χ4n) is 1.20. The fourth-order valence-corrected chi connectivity index (χ4v) is 1.20. The number of aliphatic hydroxyl groups is 1. The highest BCUT2D eigenvalue weighted by atomic mass is 16.5. The van der Waals surface area contributed by atoms with Gasteiger partial charge in [-0.05, 0) is 6.42 Å². The average molecular weight is 159 g/mol. The van der Waals surface area contributed by atoms with E-state index in [1.807, 2.05) is 0 Å². The molecule has 0 bridgehead atoms. The second kappa shape index (κ2) is 3.69. The summed E-state index contributed by atoms with van der Waals surface area (Å²) < 4.78 is 5.03. The van der Waals surface area contributed by atoms with Crippen molar-refractivity contribution in [1.29, 1.82) is 0 Å². The van der Waals surface area contributed by atoms with Crippen LogP contribution in [-0.4, -0.2) is 36.4 Å². The maximum absolute atomic E-state index is 10.6. The van der Waals surface area contributed by atoms with Crippen molar-refractivity contribution in [2.24, 2.45) is 0 Å². The standard InChI is InChI=1S/C7H13NO3/c1-5(9)8-6-2-7(10)4-11-3-6/h6-7,10H,2-4H2,1H3,(H,8,9). The van der Waals surface area contributed by atoms with Gasteiger partial charge in [0.25, 0.3) is 0 Å². The monoisotopic (exact) mass is 159 g/mol. The summed E-state index contributed by atoms with van der Waals surface area (Å²) in [6.45, 7) is 2.35. The van der Waals surface area contributed by atoms with Gasteiger partial charge in [0.15, 0.2) is 0 Å². The molecule has 2 N–H and O–H groups in total. The molecular weight excluding hydrogens is 146 g/mol. The van der Waals surface area contributed by atoms with Crippen LogP contribution in [0.1, 0.15) is 13.3 Å². The van der Waals surface area contributed by atoms with Crippen LogP contribution in [0.15, 0.2) is 0 Å². The number of rotatable bonds is 1. The third-order valence-corrected chi connectivity index (χ3v) is 1.59. The molecule has 64 valence electrons. The van der Waals surface area contributed by atoms with Crippen LogP contribution in [0.25, 0.3) is 0 Å². The van der Waals surface area contributed by atoms with Gasteiger partial charge in [0.2, 0.25) is 5.91 Å². The van der Waals surface area contributed by atoms with Crippen LogP contribution in [0.2, 0.25) is 0 Å². The van der Waals surface area contributed by atoms with E-state index < -0.39 is 6.10 Å². The van der Waals surface area contributed by atoms with E-state index >= 15 is 0 Å². The number of carbonyl (C=O) groups is 1. The summed E-state index contributed by atoms with van der Waals surface area (Å²) in [6.07, 6.45) is 0.167. The van der Waals surface area contributed by atoms with Gasteiger partial charge in [-0.3, -0.25) is 4.79 Å². The number of hydrogen-bond donors (Lipinski definition) is 2. The van der Waals surface area contributed by atoms with E-state index in [1.165, 1.54) is 6.92 Å². The zero-order chi connectivity index (χ0) is 8.27. The van der Waals surface area contributed by atoms with E-state index in [0.717, 1.165) is 0 Å². The van der Waals surface area contributed by atoms with Gasteiger partial charge >= 0.3 is 0 Å². The molecule has 1 fully saturated rings. The van der Waals surface area contributed by atoms with Gasteiger partial charge in [-0.25, -0.2) is 0 Å². The number of hydrogen-bond acceptors (Lipinski definition) is 3. The lowest BCUT2D eigenvalue weighted by molar-refractivity contribution is -0.121. The van der Waals surface area contributed by atoms with Gasteiger partial charge in [-0.1, -0.05) is 0 Å². The van der Waals surface area contributed by atoms with E-state index in [0.29, 0.717) is 19.6 Å². The fraction of sp³-hybridized carbons (Fsp3) is 0.857. The summed E-state index contributed by atoms with van der Waals surface area (Å²) in [7, 11) is 0. The number of ether oxygens (including phenoxy) is 1. The highest BCUT2D eigenvalue weighted by Gasteiger charge is 2.20. The quantitative estimate of drug-likeness (QED) is 0.530. The molecule has 4 heteroatoms. The molecule has 0 radical (unpaired) electrons. The van der Waals surface area contributed by atoms with E-state index in [4.69, 9.17) is 9.84 Å². The summed E-state index contributed by atoms with van der Waals surface area (Å²) >= 11 is 0. The molecule has 1 heterocycles. The minimum Gasteiger partial charge on any atom is -0.391 e. The van der Waals surface area contributed by atoms with Gasteiger partial charge in [0.05, 0.1) is 25.4 Å². The summed E-state index contributed by atoms with van der Waals surface area (Å²) in [5, 5.41) is 11.8. The van der Waals surface area contributed by atoms with Gasteiger partial charge < -0.3 is 15.2 Å². The van der Waals surface area contributed by atoms with E-state index in [2.05, 4.69) is 5.32 Å². The number of amides is 1. The molecule has 1 amide bonds. The summed E-state index contributed by atoms with van der Waals surface area (Å²) in [5.74, 6) is -0.0762. The van der Waals surface area contributed by atoms with Crippen LogP contribution in [0.5, 0.6) is 0 Å². The van der Waals surface area contributed by atoms with Crippen molar-refractivity contribution in [2.45, 2.75) is 25.5 Å². The summed E-state index contributed by atoms with van der Waals surface area (Å²) in [5.41, 5.74) is 0. The van der Waals surface area contributed by atoms with Gasteiger partial charge in [0.1, 0.15) is 0 Å². The predicted octanol–water partition coefficient (Wildman–Crippen LogP) is -0.728. The zero-order valence-electron chi connectivity index (χ0n) is 6.54. The van der Waals surface area contributed by atoms with Crippen LogP contribution < -0.4 is 5.32 Å². The Morgan fingerprint density at radius 3 is 2.91 bits per heavy atom. The average Bonchev–Trinajstić information content (AvgIpc) is 1.85. The van der Waals surface area contributed by atoms with Crippen LogP contribution >= 0.6 is 0 Å². The molecule has 2 unspecified atom stereocenters. The molecule has 1 aliphatic heterocycles. The minimum atomic E-state index is -0.430. The first-order valence-corrected chi connectivity index (χ1v) is 3.71. The molecule has 0 aromatic carbocycles. The second-order valence-corrected chi connectivity index (χ2v) is 2.82. The maximum Gasteiger partial charge on any atom is 0.217 e. The molecule has 0 spiro atoms. The van der Waals surface area contributed by atoms with Crippen molar-refractivity contribution in [1.82, 2.24) is 5.32 Å². The Hall–Kier alpha value is -0.610. The zero-order valence-corrected chi connectivity index (χ0v) is 6.54. The lowest BCUT2D eigenvalue weighted by Gasteiger charge is -2.26. The molecular formula is C7H13NO3. The molecule has 11 heavy (non-hydrogen) atoms. The van der Waals surface area contributed by atoms with Gasteiger partial charge in [0, 0.05) is 6.92 Å². The molecule has 0 aliphatic carbocycles. The number of aliphatic hydroxyl groups excluding tert-OH is 1. The van der Waals surface area contributed by atoms with Crippen molar-refractivity contribution >= 4 is 5.91 Å². The molecule has 2 atom stereocenters. The molecule has 1 saturated heterocycles. The van der Waals surface area contributed by atoms with Crippen molar-refractivity contribution in [3.8, 4) is 0 Å². The Morgan fingerprint density at radius 1 is 1.64 bits per heavy atom. The predicted molar refractivity (Wildman–Crippen MR) is 39.0 cm³/mol. The highest BCUT2D eigenvalue weighted by Crippen LogP contribution is 2.06. The van der Waals surface area contributed by atoms with E-state index in [9.17, 15) is 4.79 Å². The Balaban J connectivity index is 2.28. The van der Waals surface area contributed by atoms with Crippen molar-refractivity contribution in [2.75, 3.05) is 13.2 Å². The topological polar surface area (TPSA) is 58.6 Å². The van der Waals surface area contributed by atoms with Crippen LogP contribution in [0, 0.1) is 0 Å². The van der Waals surface area contributed by atoms with Crippen molar-refractivity contribution in [3.05, 3.63) is 0 Å². The van der Waals surface area contributed by atoms with Gasteiger partial charge in [-0.15, -0.1) is 0 Å². The van der Waals surface area contributed by atoms with Crippen LogP contribution in [0.3, 0.4) is 0 Å². The normalized spacial score (nSPS) is 31.5. The Morgan fingerprint density at radius 2 is 2.36 bits per heavy atom. The summed E-state index contributed by atoms with van der Waals surface area (Å²) in [6, 6.07) is -0.0174. The van der Waals surface area contributed by atoms with E-state index in [-0.39, 0.29) is 11.9 Å². The van der Waals surface area contributed by atoms with Crippen LogP contribution in [-0.2, 0) is 9.53 Å². The Bertz CT molecular complexity index is 149. The molecule has 1 aliphatic rings. The first-order chi connectivity index (χ1) is 5.18. The second-order valence-electron chi connectivity index (χ2n) is 2.82. The van der Waals surface area contributed by atoms with Crippen molar-refractivity contribution in [3.63, 3.8) is 0 Å². The molecule has 0 aromatic rings. The number of carbonyl (C=O) groups excluding carboxylic acids is 1. The largest absolute Gasteiger partial charge is 0.391 e. The first-order valence-electron chi connectivity index (χ1n) is 3.71. The van der Waals surface area contributed by atoms with Crippen LogP contribution in [0.4, 0.5) is 0 Å². The first kappa shape index (κ1) is 8.49. The lowest BCUT2D eigenvalue weighted by Crippen LogP contribution is -2.44. The third kappa shape index (κ3) is 2.86. The Kier molecular flexibility index (Phi) is 2.84. The van der Waals surface area contributed by atoms with Crippen molar-refractivity contribution < 1.29 is 14.6 Å². The maximum atomic E-state index is 10.6. The number of nitrogens with one attached hydrogen (secondary N) is 1. The smallest absolute Gasteiger partial charge is 0.217 e. The molecule has 0 aromatic heterocycles.